The smallest absolute Gasteiger partial charge is 0.0332 e. The van der Waals surface area contributed by atoms with Crippen molar-refractivity contribution in [1.82, 2.24) is 0 Å². The fourth-order valence-electron chi connectivity index (χ4n) is 0.302. The summed E-state index contributed by atoms with van der Waals surface area (Å²) >= 11 is 0. The Morgan fingerprint density at radius 2 is 2.12 bits per heavy atom. The van der Waals surface area contributed by atoms with Gasteiger partial charge < -0.3 is 5.73 Å². The molecule has 0 bridgehead atoms. The van der Waals surface area contributed by atoms with E-state index in [1.165, 1.54) is 0 Å². The van der Waals surface area contributed by atoms with Crippen molar-refractivity contribution in [1.29, 1.82) is 0 Å². The summed E-state index contributed by atoms with van der Waals surface area (Å²) in [7, 11) is 0. The van der Waals surface area contributed by atoms with Crippen molar-refractivity contribution >= 4 is 0 Å². The predicted octanol–water partition coefficient (Wildman–Crippen LogP) is 1.69. The zero-order valence-corrected chi connectivity index (χ0v) is 5.99. The second-order valence-corrected chi connectivity index (χ2v) is 2.55. The zero-order chi connectivity index (χ0) is 6.78. The van der Waals surface area contributed by atoms with E-state index in [2.05, 4.69) is 13.5 Å². The maximum absolute atomic E-state index is 5.76. The maximum Gasteiger partial charge on any atom is 0.0332 e. The molecule has 48 valence electrons. The predicted molar refractivity (Wildman–Crippen MR) is 37.7 cm³/mol. The summed E-state index contributed by atoms with van der Waals surface area (Å²) in [6.07, 6.45) is 0.961. The Morgan fingerprint density at radius 3 is 2.12 bits per heavy atom. The number of rotatable bonds is 2. The van der Waals surface area contributed by atoms with Crippen LogP contribution in [0.4, 0.5) is 0 Å². The Hall–Kier alpha value is -0.300. The highest BCUT2D eigenvalue weighted by atomic mass is 14.7. The van der Waals surface area contributed by atoms with Gasteiger partial charge >= 0.3 is 0 Å². The molecule has 0 radical (unpaired) electrons. The van der Waals surface area contributed by atoms with Crippen molar-refractivity contribution in [3.05, 3.63) is 12.2 Å². The average molecular weight is 113 g/mol. The highest BCUT2D eigenvalue weighted by molar-refractivity contribution is 5.09. The SMILES string of the molecule is C=C(C)[C@](C)(N)CC. The quantitative estimate of drug-likeness (QED) is 0.542. The van der Waals surface area contributed by atoms with Crippen LogP contribution in [0.3, 0.4) is 0 Å². The van der Waals surface area contributed by atoms with Gasteiger partial charge in [0.15, 0.2) is 0 Å². The second-order valence-electron chi connectivity index (χ2n) is 2.55. The first-order chi connectivity index (χ1) is 3.50. The Bertz CT molecular complexity index is 92.6. The van der Waals surface area contributed by atoms with Gasteiger partial charge in [0.2, 0.25) is 0 Å². The molecular weight excluding hydrogens is 98.1 g/mol. The summed E-state index contributed by atoms with van der Waals surface area (Å²) in [6, 6.07) is 0. The molecule has 0 saturated heterocycles. The summed E-state index contributed by atoms with van der Waals surface area (Å²) < 4.78 is 0. The van der Waals surface area contributed by atoms with Crippen molar-refractivity contribution in [2.75, 3.05) is 0 Å². The van der Waals surface area contributed by atoms with E-state index in [1.54, 1.807) is 0 Å². The summed E-state index contributed by atoms with van der Waals surface area (Å²) in [5.74, 6) is 0. The summed E-state index contributed by atoms with van der Waals surface area (Å²) in [4.78, 5) is 0. The van der Waals surface area contributed by atoms with Gasteiger partial charge in [-0.15, -0.1) is 0 Å². The first-order valence-electron chi connectivity index (χ1n) is 2.95. The molecule has 0 rings (SSSR count). The van der Waals surface area contributed by atoms with Crippen LogP contribution in [0.2, 0.25) is 0 Å². The summed E-state index contributed by atoms with van der Waals surface area (Å²) in [6.45, 7) is 9.79. The minimum absolute atomic E-state index is 0.153. The van der Waals surface area contributed by atoms with Crippen LogP contribution in [0.25, 0.3) is 0 Å². The van der Waals surface area contributed by atoms with Crippen molar-refractivity contribution in [2.45, 2.75) is 32.7 Å². The number of hydrogen-bond donors (Lipinski definition) is 1. The lowest BCUT2D eigenvalue weighted by atomic mass is 9.93. The van der Waals surface area contributed by atoms with Gasteiger partial charge in [-0.3, -0.25) is 0 Å². The summed E-state index contributed by atoms with van der Waals surface area (Å²) in [5, 5.41) is 0. The topological polar surface area (TPSA) is 26.0 Å². The van der Waals surface area contributed by atoms with Crippen molar-refractivity contribution in [2.24, 2.45) is 5.73 Å². The zero-order valence-electron chi connectivity index (χ0n) is 5.99. The van der Waals surface area contributed by atoms with Gasteiger partial charge in [0.25, 0.3) is 0 Å². The highest BCUT2D eigenvalue weighted by Gasteiger charge is 2.14. The van der Waals surface area contributed by atoms with Gasteiger partial charge in [-0.25, -0.2) is 0 Å². The molecule has 0 aliphatic rings. The third kappa shape index (κ3) is 1.66. The molecule has 0 fully saturated rings. The molecule has 8 heavy (non-hydrogen) atoms. The Kier molecular flexibility index (Phi) is 2.23. The van der Waals surface area contributed by atoms with E-state index in [0.29, 0.717) is 0 Å². The van der Waals surface area contributed by atoms with Crippen LogP contribution in [0.5, 0.6) is 0 Å². The van der Waals surface area contributed by atoms with E-state index in [1.807, 2.05) is 13.8 Å². The van der Waals surface area contributed by atoms with Gasteiger partial charge in [-0.2, -0.15) is 0 Å². The maximum atomic E-state index is 5.76. The lowest BCUT2D eigenvalue weighted by Gasteiger charge is -2.22. The van der Waals surface area contributed by atoms with Gasteiger partial charge in [-0.1, -0.05) is 19.1 Å². The van der Waals surface area contributed by atoms with Crippen LogP contribution in [-0.4, -0.2) is 5.54 Å². The van der Waals surface area contributed by atoms with Gasteiger partial charge in [0, 0.05) is 5.54 Å². The minimum Gasteiger partial charge on any atom is -0.322 e. The van der Waals surface area contributed by atoms with E-state index in [4.69, 9.17) is 5.73 Å². The Labute approximate surface area is 51.6 Å². The van der Waals surface area contributed by atoms with Gasteiger partial charge in [0.1, 0.15) is 0 Å². The summed E-state index contributed by atoms with van der Waals surface area (Å²) in [5.41, 5.74) is 6.66. The van der Waals surface area contributed by atoms with E-state index in [0.717, 1.165) is 12.0 Å². The first kappa shape index (κ1) is 7.70. The molecule has 0 aliphatic carbocycles. The molecule has 0 aliphatic heterocycles. The van der Waals surface area contributed by atoms with Gasteiger partial charge in [-0.05, 0) is 20.3 Å². The average Bonchev–Trinajstić information content (AvgIpc) is 1.67. The molecule has 0 spiro atoms. The molecule has 1 nitrogen and oxygen atoms in total. The van der Waals surface area contributed by atoms with Gasteiger partial charge in [0.05, 0.1) is 0 Å². The lowest BCUT2D eigenvalue weighted by Crippen LogP contribution is -2.35. The number of nitrogens with two attached hydrogens (primary N) is 1. The van der Waals surface area contributed by atoms with Crippen LogP contribution < -0.4 is 5.73 Å². The van der Waals surface area contributed by atoms with Crippen LogP contribution >= 0.6 is 0 Å². The molecule has 0 heterocycles. The van der Waals surface area contributed by atoms with E-state index in [9.17, 15) is 0 Å². The van der Waals surface area contributed by atoms with Crippen molar-refractivity contribution < 1.29 is 0 Å². The molecule has 0 saturated carbocycles. The van der Waals surface area contributed by atoms with Crippen LogP contribution in [0, 0.1) is 0 Å². The first-order valence-corrected chi connectivity index (χ1v) is 2.95. The Morgan fingerprint density at radius 1 is 1.75 bits per heavy atom. The molecule has 2 N–H and O–H groups in total. The molecule has 1 heteroatoms. The van der Waals surface area contributed by atoms with Crippen molar-refractivity contribution in [3.63, 3.8) is 0 Å². The van der Waals surface area contributed by atoms with Crippen LogP contribution in [0.1, 0.15) is 27.2 Å². The molecule has 1 atom stereocenters. The molecular formula is C7H15N. The molecule has 0 aromatic rings. The van der Waals surface area contributed by atoms with E-state index >= 15 is 0 Å². The molecule has 0 amide bonds. The second kappa shape index (κ2) is 2.31. The molecule has 0 aromatic carbocycles. The lowest BCUT2D eigenvalue weighted by molar-refractivity contribution is 0.532. The molecule has 0 unspecified atom stereocenters. The van der Waals surface area contributed by atoms with Crippen LogP contribution in [-0.2, 0) is 0 Å². The standard InChI is InChI=1S/C7H15N/c1-5-7(4,8)6(2)3/h2,5,8H2,1,3-4H3/t7-/m1/s1. The largest absolute Gasteiger partial charge is 0.322 e. The number of hydrogen-bond acceptors (Lipinski definition) is 1. The third-order valence-electron chi connectivity index (χ3n) is 1.71. The van der Waals surface area contributed by atoms with Crippen LogP contribution in [0.15, 0.2) is 12.2 Å². The molecule has 0 aromatic heterocycles. The van der Waals surface area contributed by atoms with E-state index in [-0.39, 0.29) is 5.54 Å². The Balaban J connectivity index is 3.91. The van der Waals surface area contributed by atoms with E-state index < -0.39 is 0 Å². The monoisotopic (exact) mass is 113 g/mol. The fraction of sp³-hybridized carbons (Fsp3) is 0.714. The third-order valence-corrected chi connectivity index (χ3v) is 1.71. The highest BCUT2D eigenvalue weighted by Crippen LogP contribution is 2.13. The normalized spacial score (nSPS) is 17.5. The fourth-order valence-corrected chi connectivity index (χ4v) is 0.302. The minimum atomic E-state index is -0.153. The van der Waals surface area contributed by atoms with Crippen molar-refractivity contribution in [3.8, 4) is 0 Å².